The summed E-state index contributed by atoms with van der Waals surface area (Å²) in [6.07, 6.45) is 6.20. The maximum absolute atomic E-state index is 9.63. The zero-order chi connectivity index (χ0) is 45.4. The minimum Gasteiger partial charge on any atom is -0.494 e. The topological polar surface area (TPSA) is 274 Å². The summed E-state index contributed by atoms with van der Waals surface area (Å²) in [7, 11) is -3.60. The Hall–Kier alpha value is -4.50. The van der Waals surface area contributed by atoms with Crippen molar-refractivity contribution in [3.8, 4) is 11.5 Å². The van der Waals surface area contributed by atoms with Crippen molar-refractivity contribution < 1.29 is 45.6 Å². The fourth-order valence-electron chi connectivity index (χ4n) is 5.62. The van der Waals surface area contributed by atoms with Crippen molar-refractivity contribution in [3.05, 3.63) is 118 Å². The molecule has 0 saturated carbocycles. The summed E-state index contributed by atoms with van der Waals surface area (Å²) in [5, 5.41) is 31.2. The number of aryl methyl sites for hydroxylation is 2. The van der Waals surface area contributed by atoms with Crippen LogP contribution in [0.25, 0.3) is 0 Å². The molecule has 0 bridgehead atoms. The second kappa shape index (κ2) is 29.0. The summed E-state index contributed by atoms with van der Waals surface area (Å²) in [6, 6.07) is 29.5. The lowest BCUT2D eigenvalue weighted by atomic mass is 10.0. The predicted octanol–water partition coefficient (Wildman–Crippen LogP) is 5.57. The maximum Gasteiger partial charge on any atom is 0.267 e. The highest BCUT2D eigenvalue weighted by Gasteiger charge is 2.20. The first-order valence-electron chi connectivity index (χ1n) is 19.4. The van der Waals surface area contributed by atoms with E-state index in [9.17, 15) is 16.8 Å². The van der Waals surface area contributed by atoms with Gasteiger partial charge in [0.15, 0.2) is 0 Å². The number of unbranched alkanes of at least 4 members (excludes halogenated alkanes) is 2. The van der Waals surface area contributed by atoms with Gasteiger partial charge in [-0.2, -0.15) is 16.8 Å². The molecule has 0 amide bonds. The Balaban J connectivity index is 0.000000471. The minimum absolute atomic E-state index is 0. The van der Waals surface area contributed by atoms with Crippen LogP contribution in [-0.2, 0) is 33.1 Å². The number of para-hydroxylation sites is 1. The number of anilines is 2. The molecule has 0 radical (unpaired) electrons. The third-order valence-corrected chi connectivity index (χ3v) is 10.3. The van der Waals surface area contributed by atoms with Gasteiger partial charge in [0.05, 0.1) is 37.9 Å². The molecule has 0 aromatic heterocycles. The van der Waals surface area contributed by atoms with Crippen LogP contribution in [-0.4, -0.2) is 118 Å². The highest BCUT2D eigenvalue weighted by atomic mass is 35.5. The second-order valence-corrected chi connectivity index (χ2v) is 17.4. The van der Waals surface area contributed by atoms with E-state index in [4.69, 9.17) is 62.7 Å². The molecule has 20 heteroatoms. The number of halogens is 2. The number of nitrogen functional groups attached to an aromatic ring is 2. The summed E-state index contributed by atoms with van der Waals surface area (Å²) in [4.78, 5) is 4.69. The summed E-state index contributed by atoms with van der Waals surface area (Å²) in [5.74, 6) is 0.531. The average Bonchev–Trinajstić information content (AvgIpc) is 3.34. The van der Waals surface area contributed by atoms with Crippen molar-refractivity contribution in [1.82, 2.24) is 4.90 Å². The van der Waals surface area contributed by atoms with Crippen LogP contribution in [0, 0.1) is 10.8 Å². The number of hydrogen-bond donors (Lipinski definition) is 8. The summed E-state index contributed by atoms with van der Waals surface area (Å²) < 4.78 is 65.5. The number of rotatable bonds is 18. The quantitative estimate of drug-likeness (QED) is 0.0263. The maximum atomic E-state index is 9.63. The first-order valence-corrected chi connectivity index (χ1v) is 23.0. The highest BCUT2D eigenvalue weighted by molar-refractivity contribution is 7.86. The van der Waals surface area contributed by atoms with Gasteiger partial charge in [-0.3, -0.25) is 19.9 Å². The molecule has 0 atom stereocenters. The monoisotopic (exact) mass is 942 g/mol. The van der Waals surface area contributed by atoms with E-state index in [0.29, 0.717) is 24.3 Å². The number of nitrogens with two attached hydrogens (primary N) is 2. The minimum atomic E-state index is -3.92. The lowest BCUT2D eigenvalue weighted by molar-refractivity contribution is 0.279. The number of nitrogens with zero attached hydrogens (tertiary/aromatic N) is 2. The molecule has 16 nitrogen and oxygen atoms in total. The fraction of sp³-hybridized carbons (Fsp3) is 0.381. The molecular weight excluding hydrogens is 884 g/mol. The molecule has 10 N–H and O–H groups in total. The Morgan fingerprint density at radius 3 is 1.55 bits per heavy atom. The van der Waals surface area contributed by atoms with Crippen molar-refractivity contribution in [3.63, 3.8) is 0 Å². The molecule has 0 fully saturated rings. The van der Waals surface area contributed by atoms with E-state index in [1.807, 2.05) is 30.3 Å². The van der Waals surface area contributed by atoms with Gasteiger partial charge in [-0.25, -0.2) is 0 Å². The molecule has 344 valence electrons. The number of aliphatic hydroxyl groups is 2. The number of nitrogens with one attached hydrogen (secondary N) is 2. The molecule has 0 aliphatic carbocycles. The first kappa shape index (κ1) is 55.5. The van der Waals surface area contributed by atoms with Gasteiger partial charge in [0.25, 0.3) is 20.2 Å². The standard InChI is InChI=1S/C19H23ClN2.C19H24N4O2.2C2H6O4S.ClH/c1-21(2)12-5-13-22-18-7-4-3-6-15(18)8-9-16-10-11-17(20)14-19(16)22;20-18(21)14-4-8-16(9-5-14)24-12-2-1-3-13-25-17-10-6-15(7-11-17)19(22)23;2*3-1-2-7(4,5)6;/h3-4,6-7,10-11,14H,5,8-9,12-13H2,1-2H3;4-11H,1-3,12-13H2,(H3,20,21)(H3,22,23);2*3H,1-2H2,(H,4,5,6);1H. The van der Waals surface area contributed by atoms with Crippen LogP contribution in [0.15, 0.2) is 91.0 Å². The van der Waals surface area contributed by atoms with Crippen LogP contribution in [0.2, 0.25) is 5.02 Å². The number of aliphatic hydroxyl groups excluding tert-OH is 2. The molecule has 0 spiro atoms. The molecular formula is C42H60Cl2N6O10S2. The van der Waals surface area contributed by atoms with E-state index < -0.39 is 45.0 Å². The summed E-state index contributed by atoms with van der Waals surface area (Å²) in [5.41, 5.74) is 17.6. The third kappa shape index (κ3) is 23.1. The molecule has 1 aliphatic heterocycles. The lowest BCUT2D eigenvalue weighted by Gasteiger charge is -2.27. The molecule has 5 rings (SSSR count). The Morgan fingerprint density at radius 2 is 1.15 bits per heavy atom. The second-order valence-electron chi connectivity index (χ2n) is 13.9. The normalized spacial score (nSPS) is 11.6. The van der Waals surface area contributed by atoms with E-state index in [1.165, 1.54) is 22.5 Å². The largest absolute Gasteiger partial charge is 0.494 e. The molecule has 1 heterocycles. The van der Waals surface area contributed by atoms with Gasteiger partial charge in [-0.1, -0.05) is 35.9 Å². The van der Waals surface area contributed by atoms with Gasteiger partial charge < -0.3 is 41.0 Å². The van der Waals surface area contributed by atoms with Crippen LogP contribution in [0.5, 0.6) is 11.5 Å². The number of amidine groups is 2. The summed E-state index contributed by atoms with van der Waals surface area (Å²) >= 11 is 6.27. The molecule has 4 aromatic carbocycles. The van der Waals surface area contributed by atoms with Gasteiger partial charge in [-0.05, 0) is 137 Å². The van der Waals surface area contributed by atoms with E-state index in [1.54, 1.807) is 24.3 Å². The smallest absolute Gasteiger partial charge is 0.267 e. The Kier molecular flexibility index (Phi) is 25.9. The van der Waals surface area contributed by atoms with Crippen molar-refractivity contribution >= 4 is 67.3 Å². The third-order valence-electron chi connectivity index (χ3n) is 8.63. The van der Waals surface area contributed by atoms with Crippen LogP contribution >= 0.6 is 24.0 Å². The van der Waals surface area contributed by atoms with Gasteiger partial charge in [0, 0.05) is 34.1 Å². The number of benzene rings is 4. The highest BCUT2D eigenvalue weighted by Crippen LogP contribution is 2.37. The first-order chi connectivity index (χ1) is 28.8. The van der Waals surface area contributed by atoms with Crippen LogP contribution in [0.1, 0.15) is 47.9 Å². The summed E-state index contributed by atoms with van der Waals surface area (Å²) in [6.45, 7) is 2.34. The average molecular weight is 944 g/mol. The number of fused-ring (bicyclic) bond motifs is 2. The van der Waals surface area contributed by atoms with Crippen molar-refractivity contribution in [2.45, 2.75) is 38.5 Å². The van der Waals surface area contributed by atoms with Crippen molar-refractivity contribution in [1.29, 1.82) is 10.8 Å². The van der Waals surface area contributed by atoms with Crippen molar-refractivity contribution in [2.24, 2.45) is 11.5 Å². The lowest BCUT2D eigenvalue weighted by Crippen LogP contribution is -2.24. The predicted molar refractivity (Wildman–Crippen MR) is 249 cm³/mol. The van der Waals surface area contributed by atoms with E-state index in [0.717, 1.165) is 68.1 Å². The van der Waals surface area contributed by atoms with Crippen LogP contribution in [0.3, 0.4) is 0 Å². The van der Waals surface area contributed by atoms with E-state index >= 15 is 0 Å². The Labute approximate surface area is 376 Å². The molecule has 4 aromatic rings. The van der Waals surface area contributed by atoms with Crippen LogP contribution < -0.4 is 25.8 Å². The molecule has 1 aliphatic rings. The molecule has 62 heavy (non-hydrogen) atoms. The fourth-order valence-corrected chi connectivity index (χ4v) is 6.25. The molecule has 0 unspecified atom stereocenters. The number of ether oxygens (including phenoxy) is 2. The van der Waals surface area contributed by atoms with Crippen LogP contribution in [0.4, 0.5) is 11.4 Å². The number of hydrogen-bond acceptors (Lipinski definition) is 12. The zero-order valence-electron chi connectivity index (χ0n) is 34.9. The van der Waals surface area contributed by atoms with Gasteiger partial charge in [0.1, 0.15) is 23.2 Å². The van der Waals surface area contributed by atoms with Gasteiger partial charge >= 0.3 is 0 Å². The zero-order valence-corrected chi connectivity index (χ0v) is 38.2. The van der Waals surface area contributed by atoms with E-state index in [2.05, 4.69) is 60.3 Å². The molecule has 0 saturated heterocycles. The van der Waals surface area contributed by atoms with Gasteiger partial charge in [-0.15, -0.1) is 12.4 Å². The van der Waals surface area contributed by atoms with E-state index in [-0.39, 0.29) is 24.1 Å². The van der Waals surface area contributed by atoms with Crippen molar-refractivity contribution in [2.75, 3.05) is 70.0 Å². The Bertz CT molecular complexity index is 2070. The SMILES string of the molecule is CN(C)CCCN1c2ccccc2CCc2ccc(Cl)cc21.Cl.N=C(N)c1ccc(OCCCCCOc2ccc(C(=N)N)cc2)cc1.O=S(=O)(O)CCO.O=S(=O)(O)CCO. The Morgan fingerprint density at radius 1 is 0.694 bits per heavy atom. The van der Waals surface area contributed by atoms with Gasteiger partial charge in [0.2, 0.25) is 0 Å².